The quantitative estimate of drug-likeness (QED) is 0.645. The molecule has 0 unspecified atom stereocenters. The van der Waals surface area contributed by atoms with Gasteiger partial charge in [0, 0.05) is 44.1 Å². The molecule has 0 spiro atoms. The number of rotatable bonds is 8. The minimum Gasteiger partial charge on any atom is -0.494 e. The Morgan fingerprint density at radius 3 is 2.47 bits per heavy atom. The summed E-state index contributed by atoms with van der Waals surface area (Å²) < 4.78 is 5.41. The van der Waals surface area contributed by atoms with Crippen LogP contribution < -0.4 is 20.3 Å². The summed E-state index contributed by atoms with van der Waals surface area (Å²) in [4.78, 5) is 17.0. The van der Waals surface area contributed by atoms with E-state index in [1.165, 1.54) is 16.8 Å². The van der Waals surface area contributed by atoms with Gasteiger partial charge in [-0.05, 0) is 75.2 Å². The third-order valence-electron chi connectivity index (χ3n) is 5.44. The van der Waals surface area contributed by atoms with E-state index in [0.717, 1.165) is 50.6 Å². The van der Waals surface area contributed by atoms with Gasteiger partial charge in [-0.15, -0.1) is 0 Å². The van der Waals surface area contributed by atoms with E-state index in [4.69, 9.17) is 4.74 Å². The number of hydrogen-bond acceptors (Lipinski definition) is 4. The van der Waals surface area contributed by atoms with Crippen LogP contribution in [0.4, 0.5) is 16.2 Å². The highest BCUT2D eigenvalue weighted by Gasteiger charge is 2.18. The summed E-state index contributed by atoms with van der Waals surface area (Å²) in [7, 11) is 0. The first-order valence-electron chi connectivity index (χ1n) is 10.9. The molecule has 0 aliphatic carbocycles. The van der Waals surface area contributed by atoms with Crippen molar-refractivity contribution in [3.8, 4) is 5.75 Å². The van der Waals surface area contributed by atoms with Crippen LogP contribution in [0.15, 0.2) is 42.5 Å². The molecule has 6 nitrogen and oxygen atoms in total. The maximum atomic E-state index is 12.1. The number of anilines is 2. The van der Waals surface area contributed by atoms with Gasteiger partial charge in [0.05, 0.1) is 6.61 Å². The lowest BCUT2D eigenvalue weighted by molar-refractivity contribution is 0.244. The third-order valence-corrected chi connectivity index (χ3v) is 5.44. The number of amides is 2. The molecule has 2 N–H and O–H groups in total. The van der Waals surface area contributed by atoms with E-state index in [1.54, 1.807) is 0 Å². The first kappa shape index (κ1) is 22.0. The zero-order valence-corrected chi connectivity index (χ0v) is 18.4. The zero-order chi connectivity index (χ0) is 21.3. The van der Waals surface area contributed by atoms with Gasteiger partial charge in [0.2, 0.25) is 0 Å². The van der Waals surface area contributed by atoms with Crippen LogP contribution in [0.3, 0.4) is 0 Å². The van der Waals surface area contributed by atoms with E-state index in [0.29, 0.717) is 13.2 Å². The summed E-state index contributed by atoms with van der Waals surface area (Å²) in [6.07, 6.45) is 0.945. The zero-order valence-electron chi connectivity index (χ0n) is 18.4. The molecule has 0 atom stereocenters. The first-order valence-corrected chi connectivity index (χ1v) is 10.9. The van der Waals surface area contributed by atoms with E-state index in [-0.39, 0.29) is 6.03 Å². The minimum absolute atomic E-state index is 0.168. The lowest BCUT2D eigenvalue weighted by Crippen LogP contribution is -2.47. The second kappa shape index (κ2) is 10.9. The van der Waals surface area contributed by atoms with Crippen molar-refractivity contribution in [2.45, 2.75) is 27.2 Å². The van der Waals surface area contributed by atoms with Crippen LogP contribution in [0.5, 0.6) is 5.75 Å². The summed E-state index contributed by atoms with van der Waals surface area (Å²) in [5.41, 5.74) is 4.78. The molecule has 1 aliphatic heterocycles. The number of piperazine rings is 1. The smallest absolute Gasteiger partial charge is 0.319 e. The van der Waals surface area contributed by atoms with Gasteiger partial charge in [-0.25, -0.2) is 4.79 Å². The maximum Gasteiger partial charge on any atom is 0.319 e. The molecule has 2 amide bonds. The Morgan fingerprint density at radius 1 is 1.03 bits per heavy atom. The molecule has 2 aromatic carbocycles. The number of nitrogens with zero attached hydrogens (tertiary/aromatic N) is 2. The lowest BCUT2D eigenvalue weighted by atomic mass is 10.1. The van der Waals surface area contributed by atoms with E-state index in [2.05, 4.69) is 52.5 Å². The monoisotopic (exact) mass is 410 g/mol. The Hall–Kier alpha value is -2.73. The lowest BCUT2D eigenvalue weighted by Gasteiger charge is -2.37. The first-order chi connectivity index (χ1) is 14.5. The fraction of sp³-hybridized carbons (Fsp3) is 0.458. The van der Waals surface area contributed by atoms with Crippen molar-refractivity contribution in [1.29, 1.82) is 0 Å². The molecule has 162 valence electrons. The molecular formula is C24H34N4O2. The molecule has 1 heterocycles. The predicted molar refractivity (Wildman–Crippen MR) is 124 cm³/mol. The van der Waals surface area contributed by atoms with Crippen LogP contribution in [0, 0.1) is 13.8 Å². The number of carbonyl (C=O) groups is 1. The van der Waals surface area contributed by atoms with Crippen molar-refractivity contribution in [3.05, 3.63) is 53.6 Å². The van der Waals surface area contributed by atoms with Gasteiger partial charge in [0.25, 0.3) is 0 Å². The molecule has 0 bridgehead atoms. The van der Waals surface area contributed by atoms with Crippen LogP contribution in [0.1, 0.15) is 24.5 Å². The maximum absolute atomic E-state index is 12.1. The van der Waals surface area contributed by atoms with E-state index in [9.17, 15) is 4.79 Å². The molecule has 6 heteroatoms. The largest absolute Gasteiger partial charge is 0.494 e. The highest BCUT2D eigenvalue weighted by molar-refractivity contribution is 5.89. The summed E-state index contributed by atoms with van der Waals surface area (Å²) >= 11 is 0. The van der Waals surface area contributed by atoms with Gasteiger partial charge in [-0.1, -0.05) is 12.1 Å². The van der Waals surface area contributed by atoms with Gasteiger partial charge >= 0.3 is 6.03 Å². The predicted octanol–water partition coefficient (Wildman–Crippen LogP) is 4.04. The van der Waals surface area contributed by atoms with E-state index >= 15 is 0 Å². The van der Waals surface area contributed by atoms with Gasteiger partial charge in [-0.2, -0.15) is 0 Å². The highest BCUT2D eigenvalue weighted by atomic mass is 16.5. The van der Waals surface area contributed by atoms with Crippen LogP contribution >= 0.6 is 0 Å². The van der Waals surface area contributed by atoms with Crippen molar-refractivity contribution in [2.75, 3.05) is 56.1 Å². The number of hydrogen-bond donors (Lipinski definition) is 2. The summed E-state index contributed by atoms with van der Waals surface area (Å²) in [5.74, 6) is 0.807. The van der Waals surface area contributed by atoms with Crippen molar-refractivity contribution >= 4 is 17.4 Å². The second-order valence-corrected chi connectivity index (χ2v) is 7.81. The molecule has 2 aromatic rings. The third kappa shape index (κ3) is 6.39. The molecule has 0 radical (unpaired) electrons. The Balaban J connectivity index is 1.32. The van der Waals surface area contributed by atoms with Crippen molar-refractivity contribution in [1.82, 2.24) is 10.2 Å². The second-order valence-electron chi connectivity index (χ2n) is 7.81. The summed E-state index contributed by atoms with van der Waals surface area (Å²) in [6, 6.07) is 13.9. The minimum atomic E-state index is -0.168. The highest BCUT2D eigenvalue weighted by Crippen LogP contribution is 2.22. The molecule has 3 rings (SSSR count). The van der Waals surface area contributed by atoms with Gasteiger partial charge in [-0.3, -0.25) is 4.90 Å². The normalized spacial score (nSPS) is 14.4. The number of urea groups is 1. The van der Waals surface area contributed by atoms with Crippen molar-refractivity contribution in [3.63, 3.8) is 0 Å². The molecule has 30 heavy (non-hydrogen) atoms. The van der Waals surface area contributed by atoms with Crippen LogP contribution in [0.2, 0.25) is 0 Å². The molecule has 1 fully saturated rings. The Bertz CT molecular complexity index is 814. The number of aryl methyl sites for hydroxylation is 2. The topological polar surface area (TPSA) is 56.8 Å². The summed E-state index contributed by atoms with van der Waals surface area (Å²) in [5, 5.41) is 5.80. The van der Waals surface area contributed by atoms with Gasteiger partial charge in [0.1, 0.15) is 5.75 Å². The number of ether oxygens (including phenoxy) is 1. The molecule has 1 aliphatic rings. The molecule has 0 saturated carbocycles. The fourth-order valence-electron chi connectivity index (χ4n) is 3.75. The van der Waals surface area contributed by atoms with Crippen LogP contribution in [0.25, 0.3) is 0 Å². The average Bonchev–Trinajstić information content (AvgIpc) is 2.75. The Morgan fingerprint density at radius 2 is 1.77 bits per heavy atom. The van der Waals surface area contributed by atoms with Crippen LogP contribution in [-0.4, -0.2) is 56.8 Å². The Kier molecular flexibility index (Phi) is 7.97. The van der Waals surface area contributed by atoms with Gasteiger partial charge < -0.3 is 20.3 Å². The Labute approximate surface area is 180 Å². The molecular weight excluding hydrogens is 376 g/mol. The van der Waals surface area contributed by atoms with Crippen molar-refractivity contribution < 1.29 is 9.53 Å². The van der Waals surface area contributed by atoms with Crippen molar-refractivity contribution in [2.24, 2.45) is 0 Å². The molecule has 0 aromatic heterocycles. The molecule has 1 saturated heterocycles. The van der Waals surface area contributed by atoms with Gasteiger partial charge in [0.15, 0.2) is 0 Å². The fourth-order valence-corrected chi connectivity index (χ4v) is 3.75. The number of nitrogens with one attached hydrogen (secondary N) is 2. The standard InChI is InChI=1S/C24H34N4O2/c1-4-30-22-10-8-21(9-11-22)26-24(29)25-12-5-13-27-14-16-28(17-15-27)23-18-19(2)6-7-20(23)3/h6-11,18H,4-5,12-17H2,1-3H3,(H2,25,26,29). The number of carbonyl (C=O) groups excluding carboxylic acids is 1. The van der Waals surface area contributed by atoms with Crippen LogP contribution in [-0.2, 0) is 0 Å². The number of benzene rings is 2. The van der Waals surface area contributed by atoms with E-state index in [1.807, 2.05) is 31.2 Å². The SMILES string of the molecule is CCOc1ccc(NC(=O)NCCCN2CCN(c3cc(C)ccc3C)CC2)cc1. The summed E-state index contributed by atoms with van der Waals surface area (Å²) in [6.45, 7) is 12.8. The average molecular weight is 411 g/mol. The van der Waals surface area contributed by atoms with E-state index < -0.39 is 0 Å².